The molecule has 0 bridgehead atoms. The summed E-state index contributed by atoms with van der Waals surface area (Å²) >= 11 is 0. The first-order chi connectivity index (χ1) is 7.58. The van der Waals surface area contributed by atoms with E-state index in [0.717, 1.165) is 18.6 Å². The van der Waals surface area contributed by atoms with Gasteiger partial charge in [0.1, 0.15) is 5.75 Å². The Bertz CT molecular complexity index is 394. The highest BCUT2D eigenvalue weighted by atomic mass is 35.7. The molecule has 16 heavy (non-hydrogen) atoms. The molecule has 0 atom stereocenters. The molecule has 0 saturated heterocycles. The van der Waals surface area contributed by atoms with Crippen LogP contribution in [0.25, 0.3) is 0 Å². The minimum atomic E-state index is -3.34. The third-order valence-corrected chi connectivity index (χ3v) is 3.17. The van der Waals surface area contributed by atoms with E-state index in [1.165, 1.54) is 0 Å². The van der Waals surface area contributed by atoms with Gasteiger partial charge in [0.15, 0.2) is 0 Å². The van der Waals surface area contributed by atoms with Crippen LogP contribution in [0.5, 0.6) is 5.75 Å². The molecule has 0 aliphatic heterocycles. The van der Waals surface area contributed by atoms with Gasteiger partial charge in [0, 0.05) is 16.9 Å². The van der Waals surface area contributed by atoms with Crippen LogP contribution in [0.3, 0.4) is 0 Å². The standard InChI is InChI=1S/C10H14ClNO3S/c11-16(13,14)8-3-1-2-7-15-10-5-4-6-12-9-10/h4-6,9H,1-3,7-8H2. The van der Waals surface area contributed by atoms with Crippen molar-refractivity contribution in [3.63, 3.8) is 0 Å². The summed E-state index contributed by atoms with van der Waals surface area (Å²) in [6, 6.07) is 3.63. The van der Waals surface area contributed by atoms with Crippen LogP contribution in [0, 0.1) is 0 Å². The number of aromatic nitrogens is 1. The summed E-state index contributed by atoms with van der Waals surface area (Å²) in [5, 5.41) is 0. The molecule has 0 amide bonds. The smallest absolute Gasteiger partial charge is 0.232 e. The number of hydrogen-bond acceptors (Lipinski definition) is 4. The molecule has 0 aromatic carbocycles. The van der Waals surface area contributed by atoms with E-state index < -0.39 is 9.05 Å². The molecule has 4 nitrogen and oxygen atoms in total. The van der Waals surface area contributed by atoms with E-state index in [0.29, 0.717) is 13.0 Å². The van der Waals surface area contributed by atoms with Crippen LogP contribution < -0.4 is 4.74 Å². The molecule has 1 aromatic heterocycles. The van der Waals surface area contributed by atoms with Crippen LogP contribution in [-0.2, 0) is 9.05 Å². The molecule has 0 saturated carbocycles. The predicted octanol–water partition coefficient (Wildman–Crippen LogP) is 2.20. The lowest BCUT2D eigenvalue weighted by Crippen LogP contribution is -2.00. The fourth-order valence-corrected chi connectivity index (χ4v) is 2.05. The topological polar surface area (TPSA) is 56.3 Å². The quantitative estimate of drug-likeness (QED) is 0.559. The number of nitrogens with zero attached hydrogens (tertiary/aromatic N) is 1. The number of halogens is 1. The van der Waals surface area contributed by atoms with Crippen molar-refractivity contribution < 1.29 is 13.2 Å². The second kappa shape index (κ2) is 6.70. The lowest BCUT2D eigenvalue weighted by molar-refractivity contribution is 0.305. The van der Waals surface area contributed by atoms with Gasteiger partial charge in [-0.15, -0.1) is 0 Å². The normalized spacial score (nSPS) is 11.3. The fourth-order valence-electron chi connectivity index (χ4n) is 1.18. The molecule has 0 unspecified atom stereocenters. The van der Waals surface area contributed by atoms with Crippen LogP contribution in [0.1, 0.15) is 19.3 Å². The van der Waals surface area contributed by atoms with Gasteiger partial charge in [-0.25, -0.2) is 8.42 Å². The molecule has 1 aromatic rings. The van der Waals surface area contributed by atoms with Crippen LogP contribution in [0.15, 0.2) is 24.5 Å². The number of ether oxygens (including phenoxy) is 1. The zero-order valence-electron chi connectivity index (χ0n) is 8.80. The predicted molar refractivity (Wildman–Crippen MR) is 63.2 cm³/mol. The van der Waals surface area contributed by atoms with E-state index >= 15 is 0 Å². The maximum absolute atomic E-state index is 10.6. The number of hydrogen-bond donors (Lipinski definition) is 0. The second-order valence-electron chi connectivity index (χ2n) is 3.34. The maximum atomic E-state index is 10.6. The zero-order chi connectivity index (χ0) is 11.9. The molecular weight excluding hydrogens is 250 g/mol. The van der Waals surface area contributed by atoms with E-state index in [9.17, 15) is 8.42 Å². The Morgan fingerprint density at radius 2 is 2.12 bits per heavy atom. The molecule has 6 heteroatoms. The van der Waals surface area contributed by atoms with Crippen molar-refractivity contribution in [1.82, 2.24) is 4.98 Å². The molecule has 1 rings (SSSR count). The summed E-state index contributed by atoms with van der Waals surface area (Å²) in [6.45, 7) is 0.564. The third kappa shape index (κ3) is 6.63. The van der Waals surface area contributed by atoms with Gasteiger partial charge in [0.05, 0.1) is 18.6 Å². The molecule has 0 aliphatic carbocycles. The summed E-state index contributed by atoms with van der Waals surface area (Å²) in [6.07, 6.45) is 5.48. The van der Waals surface area contributed by atoms with Crippen molar-refractivity contribution >= 4 is 19.7 Å². The first-order valence-corrected chi connectivity index (χ1v) is 7.51. The molecule has 90 valence electrons. The Morgan fingerprint density at radius 1 is 1.31 bits per heavy atom. The molecule has 0 radical (unpaired) electrons. The summed E-state index contributed by atoms with van der Waals surface area (Å²) in [5.41, 5.74) is 0. The lowest BCUT2D eigenvalue weighted by Gasteiger charge is -2.04. The van der Waals surface area contributed by atoms with Crippen molar-refractivity contribution in [2.75, 3.05) is 12.4 Å². The van der Waals surface area contributed by atoms with E-state index in [2.05, 4.69) is 4.98 Å². The molecular formula is C10H14ClNO3S. The van der Waals surface area contributed by atoms with Crippen molar-refractivity contribution in [2.24, 2.45) is 0 Å². The minimum Gasteiger partial charge on any atom is -0.492 e. The zero-order valence-corrected chi connectivity index (χ0v) is 10.4. The molecule has 0 spiro atoms. The van der Waals surface area contributed by atoms with Gasteiger partial charge in [-0.3, -0.25) is 4.98 Å². The van der Waals surface area contributed by atoms with Crippen molar-refractivity contribution in [3.05, 3.63) is 24.5 Å². The Morgan fingerprint density at radius 3 is 2.75 bits per heavy atom. The largest absolute Gasteiger partial charge is 0.492 e. The Kier molecular flexibility index (Phi) is 5.55. The first-order valence-electron chi connectivity index (χ1n) is 5.03. The van der Waals surface area contributed by atoms with Crippen molar-refractivity contribution in [2.45, 2.75) is 19.3 Å². The average Bonchev–Trinajstić information content (AvgIpc) is 2.23. The molecule has 0 fully saturated rings. The van der Waals surface area contributed by atoms with Gasteiger partial charge in [0.25, 0.3) is 0 Å². The van der Waals surface area contributed by atoms with E-state index in [-0.39, 0.29) is 5.75 Å². The molecule has 1 heterocycles. The van der Waals surface area contributed by atoms with Gasteiger partial charge in [-0.1, -0.05) is 0 Å². The Hall–Kier alpha value is -0.810. The Balaban J connectivity index is 2.05. The SMILES string of the molecule is O=S(=O)(Cl)CCCCCOc1cccnc1. The van der Waals surface area contributed by atoms with Gasteiger partial charge < -0.3 is 4.74 Å². The minimum absolute atomic E-state index is 0.0292. The van der Waals surface area contributed by atoms with E-state index in [4.69, 9.17) is 15.4 Å². The highest BCUT2D eigenvalue weighted by Crippen LogP contribution is 2.08. The van der Waals surface area contributed by atoms with Crippen LogP contribution in [-0.4, -0.2) is 25.8 Å². The monoisotopic (exact) mass is 263 g/mol. The lowest BCUT2D eigenvalue weighted by atomic mass is 10.3. The fraction of sp³-hybridized carbons (Fsp3) is 0.500. The van der Waals surface area contributed by atoms with Gasteiger partial charge >= 0.3 is 0 Å². The van der Waals surface area contributed by atoms with Crippen molar-refractivity contribution in [3.8, 4) is 5.75 Å². The number of rotatable bonds is 7. The summed E-state index contributed by atoms with van der Waals surface area (Å²) in [7, 11) is 1.73. The number of pyridine rings is 1. The highest BCUT2D eigenvalue weighted by Gasteiger charge is 2.03. The highest BCUT2D eigenvalue weighted by molar-refractivity contribution is 8.13. The van der Waals surface area contributed by atoms with Crippen molar-refractivity contribution in [1.29, 1.82) is 0 Å². The average molecular weight is 264 g/mol. The van der Waals surface area contributed by atoms with Crippen LogP contribution in [0.2, 0.25) is 0 Å². The van der Waals surface area contributed by atoms with Gasteiger partial charge in [0.2, 0.25) is 9.05 Å². The number of unbranched alkanes of at least 4 members (excludes halogenated alkanes) is 2. The summed E-state index contributed by atoms with van der Waals surface area (Å²) < 4.78 is 26.6. The summed E-state index contributed by atoms with van der Waals surface area (Å²) in [4.78, 5) is 3.91. The third-order valence-electron chi connectivity index (χ3n) is 1.94. The van der Waals surface area contributed by atoms with Crippen LogP contribution in [0.4, 0.5) is 0 Å². The van der Waals surface area contributed by atoms with Gasteiger partial charge in [-0.2, -0.15) is 0 Å². The van der Waals surface area contributed by atoms with E-state index in [1.807, 2.05) is 6.07 Å². The second-order valence-corrected chi connectivity index (χ2v) is 6.24. The first kappa shape index (κ1) is 13.3. The summed E-state index contributed by atoms with van der Waals surface area (Å²) in [5.74, 6) is 0.758. The molecule has 0 aliphatic rings. The molecule has 0 N–H and O–H groups in total. The van der Waals surface area contributed by atoms with Crippen LogP contribution >= 0.6 is 10.7 Å². The van der Waals surface area contributed by atoms with E-state index in [1.54, 1.807) is 18.5 Å². The van der Waals surface area contributed by atoms with Gasteiger partial charge in [-0.05, 0) is 31.4 Å². The maximum Gasteiger partial charge on any atom is 0.232 e. The Labute approximate surface area is 100 Å².